The Morgan fingerprint density at radius 3 is 2.84 bits per heavy atom. The molecule has 2 rings (SSSR count). The van der Waals surface area contributed by atoms with Crippen LogP contribution in [0.2, 0.25) is 0 Å². The molecule has 0 bridgehead atoms. The lowest BCUT2D eigenvalue weighted by Gasteiger charge is -2.23. The number of hydrogen-bond donors (Lipinski definition) is 1. The van der Waals surface area contributed by atoms with Gasteiger partial charge in [0.1, 0.15) is 0 Å². The van der Waals surface area contributed by atoms with Gasteiger partial charge in [0, 0.05) is 5.69 Å². The number of carbonyl (C=O) groups is 1. The molecule has 0 spiro atoms. The molecule has 0 aliphatic carbocycles. The van der Waals surface area contributed by atoms with E-state index in [-0.39, 0.29) is 18.2 Å². The van der Waals surface area contributed by atoms with Gasteiger partial charge in [-0.05, 0) is 44.4 Å². The molecule has 0 amide bonds. The van der Waals surface area contributed by atoms with Crippen molar-refractivity contribution in [1.82, 2.24) is 0 Å². The molecule has 0 saturated carbocycles. The molecule has 1 aromatic carbocycles. The number of esters is 1. The summed E-state index contributed by atoms with van der Waals surface area (Å²) in [7, 11) is 1.41. The Hall–Kier alpha value is -1.55. The number of benzene rings is 1. The largest absolute Gasteiger partial charge is 0.467 e. The smallest absolute Gasteiger partial charge is 0.331 e. The van der Waals surface area contributed by atoms with Gasteiger partial charge in [-0.2, -0.15) is 0 Å². The van der Waals surface area contributed by atoms with Crippen molar-refractivity contribution in [3.05, 3.63) is 29.8 Å². The fourth-order valence-electron chi connectivity index (χ4n) is 2.42. The second kappa shape index (κ2) is 6.06. The van der Waals surface area contributed by atoms with Crippen LogP contribution in [0.4, 0.5) is 5.69 Å². The number of ether oxygens (including phenoxy) is 2. The standard InChI is InChI=1S/C15H21NO3/c1-10-5-4-6-12(9-10)16-14(15(17)18-3)13-8-7-11(2)19-13/h4-6,9,11,13-14,16H,7-8H2,1-3H3. The molecule has 1 aromatic rings. The van der Waals surface area contributed by atoms with Crippen LogP contribution in [-0.2, 0) is 14.3 Å². The summed E-state index contributed by atoms with van der Waals surface area (Å²) in [6, 6.07) is 7.49. The minimum absolute atomic E-state index is 0.122. The molecule has 1 N–H and O–H groups in total. The summed E-state index contributed by atoms with van der Waals surface area (Å²) in [6.07, 6.45) is 1.94. The molecule has 0 aromatic heterocycles. The van der Waals surface area contributed by atoms with Gasteiger partial charge >= 0.3 is 5.97 Å². The molecule has 4 heteroatoms. The summed E-state index contributed by atoms with van der Waals surface area (Å²) in [5.41, 5.74) is 2.06. The van der Waals surface area contributed by atoms with Gasteiger partial charge < -0.3 is 14.8 Å². The molecule has 4 nitrogen and oxygen atoms in total. The zero-order valence-corrected chi connectivity index (χ0v) is 11.7. The Morgan fingerprint density at radius 1 is 1.47 bits per heavy atom. The number of rotatable bonds is 4. The van der Waals surface area contributed by atoms with E-state index in [0.29, 0.717) is 0 Å². The minimum atomic E-state index is -0.447. The van der Waals surface area contributed by atoms with Gasteiger partial charge in [0.15, 0.2) is 6.04 Å². The fourth-order valence-corrected chi connectivity index (χ4v) is 2.42. The lowest BCUT2D eigenvalue weighted by atomic mass is 10.1. The van der Waals surface area contributed by atoms with Gasteiger partial charge in [0.2, 0.25) is 0 Å². The summed E-state index contributed by atoms with van der Waals surface area (Å²) in [5.74, 6) is -0.277. The van der Waals surface area contributed by atoms with E-state index in [1.54, 1.807) is 0 Å². The number of hydrogen-bond acceptors (Lipinski definition) is 4. The molecule has 0 radical (unpaired) electrons. The van der Waals surface area contributed by atoms with Crippen LogP contribution in [0.3, 0.4) is 0 Å². The van der Waals surface area contributed by atoms with Crippen LogP contribution in [0.1, 0.15) is 25.3 Å². The molecule has 3 atom stereocenters. The number of methoxy groups -OCH3 is 1. The molecule has 104 valence electrons. The summed E-state index contributed by atoms with van der Waals surface area (Å²) in [4.78, 5) is 11.9. The molecular weight excluding hydrogens is 242 g/mol. The van der Waals surface area contributed by atoms with E-state index in [9.17, 15) is 4.79 Å². The fraction of sp³-hybridized carbons (Fsp3) is 0.533. The van der Waals surface area contributed by atoms with Crippen LogP contribution in [0.5, 0.6) is 0 Å². The van der Waals surface area contributed by atoms with Gasteiger partial charge in [-0.1, -0.05) is 12.1 Å². The first-order chi connectivity index (χ1) is 9.10. The van der Waals surface area contributed by atoms with Crippen molar-refractivity contribution < 1.29 is 14.3 Å². The molecule has 1 fully saturated rings. The van der Waals surface area contributed by atoms with Gasteiger partial charge in [-0.25, -0.2) is 4.79 Å². The maximum atomic E-state index is 11.9. The Morgan fingerprint density at radius 2 is 2.26 bits per heavy atom. The predicted octanol–water partition coefficient (Wildman–Crippen LogP) is 2.52. The van der Waals surface area contributed by atoms with Crippen molar-refractivity contribution in [3.63, 3.8) is 0 Å². The molecule has 1 saturated heterocycles. The van der Waals surface area contributed by atoms with E-state index >= 15 is 0 Å². The van der Waals surface area contributed by atoms with Crippen LogP contribution < -0.4 is 5.32 Å². The van der Waals surface area contributed by atoms with Crippen LogP contribution >= 0.6 is 0 Å². The van der Waals surface area contributed by atoms with Crippen molar-refractivity contribution in [2.24, 2.45) is 0 Å². The first-order valence-corrected chi connectivity index (χ1v) is 6.66. The molecule has 19 heavy (non-hydrogen) atoms. The van der Waals surface area contributed by atoms with Crippen molar-refractivity contribution in [3.8, 4) is 0 Å². The van der Waals surface area contributed by atoms with E-state index in [2.05, 4.69) is 5.32 Å². The number of nitrogens with one attached hydrogen (secondary N) is 1. The van der Waals surface area contributed by atoms with Crippen molar-refractivity contribution in [1.29, 1.82) is 0 Å². The third kappa shape index (κ3) is 3.47. The highest BCUT2D eigenvalue weighted by Gasteiger charge is 2.35. The van der Waals surface area contributed by atoms with E-state index < -0.39 is 6.04 Å². The molecule has 1 heterocycles. The van der Waals surface area contributed by atoms with Gasteiger partial charge in [0.25, 0.3) is 0 Å². The van der Waals surface area contributed by atoms with Crippen LogP contribution in [0.25, 0.3) is 0 Å². The quantitative estimate of drug-likeness (QED) is 0.848. The maximum absolute atomic E-state index is 11.9. The zero-order chi connectivity index (χ0) is 13.8. The second-order valence-corrected chi connectivity index (χ2v) is 5.08. The summed E-state index contributed by atoms with van der Waals surface area (Å²) < 4.78 is 10.7. The average Bonchev–Trinajstić information content (AvgIpc) is 2.81. The first-order valence-electron chi connectivity index (χ1n) is 6.66. The first kappa shape index (κ1) is 13.9. The highest BCUT2D eigenvalue weighted by Crippen LogP contribution is 2.24. The van der Waals surface area contributed by atoms with Gasteiger partial charge in [0.05, 0.1) is 19.3 Å². The Bertz CT molecular complexity index is 447. The van der Waals surface area contributed by atoms with E-state index in [1.807, 2.05) is 38.1 Å². The monoisotopic (exact) mass is 263 g/mol. The summed E-state index contributed by atoms with van der Waals surface area (Å²) in [6.45, 7) is 4.05. The highest BCUT2D eigenvalue weighted by atomic mass is 16.5. The van der Waals surface area contributed by atoms with Crippen LogP contribution in [0, 0.1) is 6.92 Å². The minimum Gasteiger partial charge on any atom is -0.467 e. The van der Waals surface area contributed by atoms with Gasteiger partial charge in [-0.15, -0.1) is 0 Å². The molecule has 1 aliphatic rings. The maximum Gasteiger partial charge on any atom is 0.331 e. The van der Waals surface area contributed by atoms with Crippen LogP contribution in [-0.4, -0.2) is 31.3 Å². The normalized spacial score (nSPS) is 23.9. The van der Waals surface area contributed by atoms with Crippen molar-refractivity contribution in [2.75, 3.05) is 12.4 Å². The SMILES string of the molecule is COC(=O)C(Nc1cccc(C)c1)C1CCC(C)O1. The number of carbonyl (C=O) groups excluding carboxylic acids is 1. The summed E-state index contributed by atoms with van der Waals surface area (Å²) in [5, 5.41) is 3.23. The zero-order valence-electron chi connectivity index (χ0n) is 11.7. The van der Waals surface area contributed by atoms with Crippen molar-refractivity contribution in [2.45, 2.75) is 44.9 Å². The van der Waals surface area contributed by atoms with Crippen molar-refractivity contribution >= 4 is 11.7 Å². The molecular formula is C15H21NO3. The summed E-state index contributed by atoms with van der Waals surface area (Å²) >= 11 is 0. The topological polar surface area (TPSA) is 47.6 Å². The lowest BCUT2D eigenvalue weighted by molar-refractivity contribution is -0.144. The third-order valence-corrected chi connectivity index (χ3v) is 3.43. The van der Waals surface area contributed by atoms with Crippen LogP contribution in [0.15, 0.2) is 24.3 Å². The highest BCUT2D eigenvalue weighted by molar-refractivity contribution is 5.80. The second-order valence-electron chi connectivity index (χ2n) is 5.08. The number of aryl methyl sites for hydroxylation is 1. The Balaban J connectivity index is 2.12. The Kier molecular flexibility index (Phi) is 4.43. The average molecular weight is 263 g/mol. The predicted molar refractivity (Wildman–Crippen MR) is 74.2 cm³/mol. The molecule has 1 aliphatic heterocycles. The lowest BCUT2D eigenvalue weighted by Crippen LogP contribution is -2.41. The van der Waals surface area contributed by atoms with Gasteiger partial charge in [-0.3, -0.25) is 0 Å². The third-order valence-electron chi connectivity index (χ3n) is 3.43. The number of anilines is 1. The van der Waals surface area contributed by atoms with E-state index in [4.69, 9.17) is 9.47 Å². The van der Waals surface area contributed by atoms with E-state index in [1.165, 1.54) is 7.11 Å². The molecule has 3 unspecified atom stereocenters. The Labute approximate surface area is 114 Å². The van der Waals surface area contributed by atoms with E-state index in [0.717, 1.165) is 24.1 Å².